The van der Waals surface area contributed by atoms with E-state index in [2.05, 4.69) is 4.98 Å². The van der Waals surface area contributed by atoms with Gasteiger partial charge in [-0.2, -0.15) is 0 Å². The molecular weight excluding hydrogens is 266 g/mol. The van der Waals surface area contributed by atoms with Gasteiger partial charge in [-0.1, -0.05) is 23.9 Å². The number of hydrogen-bond donors (Lipinski definition) is 1. The second kappa shape index (κ2) is 4.81. The number of carboxylic acids is 1. The first-order valence-electron chi connectivity index (χ1n) is 5.52. The zero-order valence-electron chi connectivity index (χ0n) is 9.70. The lowest BCUT2D eigenvalue weighted by molar-refractivity contribution is 0.0695. The van der Waals surface area contributed by atoms with Crippen molar-refractivity contribution < 1.29 is 18.7 Å². The van der Waals surface area contributed by atoms with Gasteiger partial charge in [-0.05, 0) is 18.2 Å². The number of aromatic nitrogens is 1. The minimum atomic E-state index is -0.998. The Morgan fingerprint density at radius 3 is 2.95 bits per heavy atom. The van der Waals surface area contributed by atoms with Gasteiger partial charge in [-0.15, -0.1) is 0 Å². The molecule has 6 heteroatoms. The lowest BCUT2D eigenvalue weighted by Crippen LogP contribution is -1.97. The predicted molar refractivity (Wildman–Crippen MR) is 69.2 cm³/mol. The summed E-state index contributed by atoms with van der Waals surface area (Å²) in [6, 6.07) is 8.89. The summed E-state index contributed by atoms with van der Waals surface area (Å²) in [5, 5.41) is 9.45. The molecule has 0 aliphatic heterocycles. The first-order valence-corrected chi connectivity index (χ1v) is 6.50. The number of aromatic carboxylic acids is 1. The lowest BCUT2D eigenvalue weighted by Gasteiger charge is -1.95. The van der Waals surface area contributed by atoms with Crippen molar-refractivity contribution in [3.8, 4) is 0 Å². The van der Waals surface area contributed by atoms with Gasteiger partial charge in [0.15, 0.2) is 5.58 Å². The van der Waals surface area contributed by atoms with Crippen LogP contribution >= 0.6 is 11.8 Å². The minimum absolute atomic E-state index is 0.170. The molecule has 0 atom stereocenters. The van der Waals surface area contributed by atoms with Crippen molar-refractivity contribution in [2.45, 2.75) is 11.0 Å². The van der Waals surface area contributed by atoms with E-state index in [1.54, 1.807) is 0 Å². The van der Waals surface area contributed by atoms with Gasteiger partial charge in [-0.25, -0.2) is 9.78 Å². The quantitative estimate of drug-likeness (QED) is 0.735. The number of hydrogen-bond acceptors (Lipinski definition) is 5. The number of benzene rings is 1. The highest BCUT2D eigenvalue weighted by Gasteiger charge is 2.15. The van der Waals surface area contributed by atoms with E-state index in [-0.39, 0.29) is 5.56 Å². The Morgan fingerprint density at radius 1 is 1.32 bits per heavy atom. The summed E-state index contributed by atoms with van der Waals surface area (Å²) < 4.78 is 10.7. The maximum atomic E-state index is 10.9. The third-order valence-electron chi connectivity index (χ3n) is 2.58. The third kappa shape index (κ3) is 2.34. The van der Waals surface area contributed by atoms with E-state index in [9.17, 15) is 4.79 Å². The molecule has 0 aliphatic carbocycles. The van der Waals surface area contributed by atoms with Gasteiger partial charge < -0.3 is 13.9 Å². The van der Waals surface area contributed by atoms with Gasteiger partial charge in [0, 0.05) is 0 Å². The second-order valence-electron chi connectivity index (χ2n) is 3.80. The van der Waals surface area contributed by atoms with Crippen LogP contribution in [0.4, 0.5) is 0 Å². The summed E-state index contributed by atoms with van der Waals surface area (Å²) in [5.74, 6) is -0.233. The minimum Gasteiger partial charge on any atom is -0.478 e. The van der Waals surface area contributed by atoms with Gasteiger partial charge in [0.25, 0.3) is 5.22 Å². The number of carbonyl (C=O) groups is 1. The van der Waals surface area contributed by atoms with Crippen LogP contribution < -0.4 is 0 Å². The molecule has 5 nitrogen and oxygen atoms in total. The number of oxazole rings is 1. The Balaban J connectivity index is 1.78. The number of fused-ring (bicyclic) bond motifs is 1. The van der Waals surface area contributed by atoms with Crippen molar-refractivity contribution in [2.75, 3.05) is 0 Å². The molecule has 0 saturated heterocycles. The molecule has 0 unspecified atom stereocenters. The summed E-state index contributed by atoms with van der Waals surface area (Å²) in [7, 11) is 0. The van der Waals surface area contributed by atoms with E-state index >= 15 is 0 Å². The summed E-state index contributed by atoms with van der Waals surface area (Å²) in [4.78, 5) is 15.2. The van der Waals surface area contributed by atoms with Crippen molar-refractivity contribution in [3.63, 3.8) is 0 Å². The van der Waals surface area contributed by atoms with Crippen molar-refractivity contribution in [1.29, 1.82) is 0 Å². The molecule has 0 radical (unpaired) electrons. The van der Waals surface area contributed by atoms with Crippen molar-refractivity contribution in [2.24, 2.45) is 0 Å². The topological polar surface area (TPSA) is 76.5 Å². The van der Waals surface area contributed by atoms with Crippen LogP contribution in [0.1, 0.15) is 16.1 Å². The standard InChI is InChI=1S/C13H9NO4S/c15-12(16)8-5-6-17-11(8)7-19-13-14-9-3-1-2-4-10(9)18-13/h1-6H,7H2,(H,15,16). The van der Waals surface area contributed by atoms with E-state index in [1.807, 2.05) is 24.3 Å². The van der Waals surface area contributed by atoms with Crippen molar-refractivity contribution in [3.05, 3.63) is 47.9 Å². The summed E-state index contributed by atoms with van der Waals surface area (Å²) in [6.45, 7) is 0. The molecule has 0 saturated carbocycles. The van der Waals surface area contributed by atoms with E-state index < -0.39 is 5.97 Å². The highest BCUT2D eigenvalue weighted by molar-refractivity contribution is 7.98. The SMILES string of the molecule is O=C(O)c1ccoc1CSc1nc2ccccc2o1. The maximum absolute atomic E-state index is 10.9. The Bertz CT molecular complexity index is 698. The fourth-order valence-corrected chi connectivity index (χ4v) is 2.47. The molecule has 2 aromatic heterocycles. The van der Waals surface area contributed by atoms with Crippen molar-refractivity contribution in [1.82, 2.24) is 4.98 Å². The molecule has 2 heterocycles. The Kier molecular flexibility index (Phi) is 3.00. The normalized spacial score (nSPS) is 10.9. The van der Waals surface area contributed by atoms with Gasteiger partial charge in [0.05, 0.1) is 12.0 Å². The first-order chi connectivity index (χ1) is 9.24. The number of nitrogens with zero attached hydrogens (tertiary/aromatic N) is 1. The molecule has 1 N–H and O–H groups in total. The highest BCUT2D eigenvalue weighted by atomic mass is 32.2. The average molecular weight is 275 g/mol. The van der Waals surface area contributed by atoms with Crippen LogP contribution in [-0.2, 0) is 5.75 Å². The molecule has 0 fully saturated rings. The molecule has 0 amide bonds. The van der Waals surface area contributed by atoms with E-state index in [0.29, 0.717) is 22.3 Å². The van der Waals surface area contributed by atoms with E-state index in [4.69, 9.17) is 13.9 Å². The molecule has 1 aromatic carbocycles. The van der Waals surface area contributed by atoms with Crippen LogP contribution in [0.15, 0.2) is 50.7 Å². The Morgan fingerprint density at radius 2 is 2.16 bits per heavy atom. The number of para-hydroxylation sites is 2. The largest absolute Gasteiger partial charge is 0.478 e. The molecule has 0 aliphatic rings. The van der Waals surface area contributed by atoms with Gasteiger partial charge in [-0.3, -0.25) is 0 Å². The molecule has 3 aromatic rings. The van der Waals surface area contributed by atoms with Crippen molar-refractivity contribution >= 4 is 28.8 Å². The fraction of sp³-hybridized carbons (Fsp3) is 0.0769. The number of carboxylic acid groups (broad SMARTS) is 1. The smallest absolute Gasteiger partial charge is 0.339 e. The molecular formula is C13H9NO4S. The van der Waals surface area contributed by atoms with Crippen LogP contribution in [-0.4, -0.2) is 16.1 Å². The Hall–Kier alpha value is -2.21. The monoisotopic (exact) mass is 275 g/mol. The Labute approximate surface area is 112 Å². The molecule has 96 valence electrons. The maximum Gasteiger partial charge on any atom is 0.339 e. The predicted octanol–water partition coefficient (Wildman–Crippen LogP) is 3.41. The van der Waals surface area contributed by atoms with Gasteiger partial charge >= 0.3 is 5.97 Å². The summed E-state index contributed by atoms with van der Waals surface area (Å²) in [6.07, 6.45) is 1.37. The number of furan rings is 1. The summed E-state index contributed by atoms with van der Waals surface area (Å²) >= 11 is 1.30. The third-order valence-corrected chi connectivity index (χ3v) is 3.40. The average Bonchev–Trinajstić information content (AvgIpc) is 3.02. The van der Waals surface area contributed by atoms with Crippen LogP contribution in [0, 0.1) is 0 Å². The molecule has 0 spiro atoms. The highest BCUT2D eigenvalue weighted by Crippen LogP contribution is 2.27. The van der Waals surface area contributed by atoms with Crippen LogP contribution in [0.5, 0.6) is 0 Å². The summed E-state index contributed by atoms with van der Waals surface area (Å²) in [5.41, 5.74) is 1.66. The van der Waals surface area contributed by atoms with Gasteiger partial charge in [0.2, 0.25) is 0 Å². The zero-order valence-corrected chi connectivity index (χ0v) is 10.5. The second-order valence-corrected chi connectivity index (χ2v) is 4.73. The van der Waals surface area contributed by atoms with Crippen LogP contribution in [0.25, 0.3) is 11.1 Å². The zero-order chi connectivity index (χ0) is 13.2. The number of thioether (sulfide) groups is 1. The lowest BCUT2D eigenvalue weighted by atomic mass is 10.3. The van der Waals surface area contributed by atoms with E-state index in [0.717, 1.165) is 5.52 Å². The molecule has 19 heavy (non-hydrogen) atoms. The number of rotatable bonds is 4. The van der Waals surface area contributed by atoms with Gasteiger partial charge in [0.1, 0.15) is 16.8 Å². The molecule has 0 bridgehead atoms. The van der Waals surface area contributed by atoms with Crippen LogP contribution in [0.2, 0.25) is 0 Å². The van der Waals surface area contributed by atoms with Crippen LogP contribution in [0.3, 0.4) is 0 Å². The molecule has 3 rings (SSSR count). The van der Waals surface area contributed by atoms with E-state index in [1.165, 1.54) is 24.1 Å². The first kappa shape index (κ1) is 11.9. The fourth-order valence-electron chi connectivity index (χ4n) is 1.68.